The number of aliphatic hydroxyl groups excluding tert-OH is 1. The molecule has 0 bridgehead atoms. The van der Waals surface area contributed by atoms with Crippen molar-refractivity contribution in [3.8, 4) is 0 Å². The molecule has 4 nitrogen and oxygen atoms in total. The number of aliphatic hydroxyl groups is 1. The molecule has 0 atom stereocenters. The smallest absolute Gasteiger partial charge is 0.321 e. The third-order valence-corrected chi connectivity index (χ3v) is 11.6. The molecule has 0 aromatic carbocycles. The standard InChI is InChI=1S/C47H94NO3.ClH/c1-4-7-10-13-16-19-22-24-26-29-32-35-38-41-46(50)48(44-45-49,43-40-37-34-31-28-21-18-15-12-9-6-3)47(51)42-39-36-33-30-27-25-23-20-17-14-11-8-5-2;/h49H,4-45H2,1-3H3;1H/q+1;/p-1. The lowest BCUT2D eigenvalue weighted by atomic mass is 10.0. The van der Waals surface area contributed by atoms with Crippen LogP contribution >= 0.6 is 0 Å². The molecule has 0 rings (SSSR count). The molecule has 312 valence electrons. The zero-order valence-electron chi connectivity index (χ0n) is 35.8. The lowest BCUT2D eigenvalue weighted by molar-refractivity contribution is -0.781. The van der Waals surface area contributed by atoms with Gasteiger partial charge in [-0.15, -0.1) is 0 Å². The number of carbonyl (C=O) groups excluding carboxylic acids is 2. The van der Waals surface area contributed by atoms with Gasteiger partial charge in [-0.2, -0.15) is 4.48 Å². The summed E-state index contributed by atoms with van der Waals surface area (Å²) in [5, 5.41) is 10.1. The number of unbranched alkanes of at least 4 members (excludes halogenated alkanes) is 34. The second kappa shape index (κ2) is 43.3. The van der Waals surface area contributed by atoms with Crippen LogP contribution in [0, 0.1) is 0 Å². The summed E-state index contributed by atoms with van der Waals surface area (Å²) in [6.45, 7) is 7.60. The van der Waals surface area contributed by atoms with Crippen LogP contribution in [-0.4, -0.2) is 41.1 Å². The van der Waals surface area contributed by atoms with Crippen molar-refractivity contribution < 1.29 is 31.6 Å². The minimum Gasteiger partial charge on any atom is -1.00 e. The van der Waals surface area contributed by atoms with Gasteiger partial charge in [-0.25, -0.2) is 9.59 Å². The number of nitrogens with zero attached hydrogens (tertiary/aromatic N) is 1. The SMILES string of the molecule is CCCCCCCCCCCCCCCC(=O)[N+](CCO)(CCCCCCCCCCCCC)C(=O)CCCCCCCCCCCCCCC.[Cl-]. The topological polar surface area (TPSA) is 54.4 Å². The van der Waals surface area contributed by atoms with Gasteiger partial charge in [-0.3, -0.25) is 0 Å². The molecule has 5 heteroatoms. The van der Waals surface area contributed by atoms with Crippen LogP contribution < -0.4 is 12.4 Å². The summed E-state index contributed by atoms with van der Waals surface area (Å²) in [6, 6.07) is 0. The summed E-state index contributed by atoms with van der Waals surface area (Å²) in [6.07, 6.45) is 48.3. The molecule has 0 spiro atoms. The molecule has 0 aliphatic rings. The van der Waals surface area contributed by atoms with Crippen molar-refractivity contribution in [1.29, 1.82) is 0 Å². The van der Waals surface area contributed by atoms with E-state index in [2.05, 4.69) is 20.8 Å². The van der Waals surface area contributed by atoms with Gasteiger partial charge in [-0.05, 0) is 25.7 Å². The summed E-state index contributed by atoms with van der Waals surface area (Å²) in [5.41, 5.74) is 0. The van der Waals surface area contributed by atoms with Crippen LogP contribution in [0.15, 0.2) is 0 Å². The van der Waals surface area contributed by atoms with E-state index < -0.39 is 0 Å². The van der Waals surface area contributed by atoms with Crippen molar-refractivity contribution in [2.45, 2.75) is 271 Å². The van der Waals surface area contributed by atoms with Crippen molar-refractivity contribution in [3.05, 3.63) is 0 Å². The number of halogens is 1. The fraction of sp³-hybridized carbons (Fsp3) is 0.957. The van der Waals surface area contributed by atoms with Crippen LogP contribution in [0.5, 0.6) is 0 Å². The Kier molecular flexibility index (Phi) is 44.7. The van der Waals surface area contributed by atoms with Gasteiger partial charge in [0.2, 0.25) is 0 Å². The molecule has 0 saturated heterocycles. The largest absolute Gasteiger partial charge is 1.00 e. The Morgan fingerprint density at radius 2 is 0.538 bits per heavy atom. The molecule has 0 aromatic rings. The molecule has 2 amide bonds. The lowest BCUT2D eigenvalue weighted by Gasteiger charge is -2.33. The summed E-state index contributed by atoms with van der Waals surface area (Å²) < 4.78 is -0.0928. The molecular weight excluding hydrogens is 662 g/mol. The molecule has 52 heavy (non-hydrogen) atoms. The van der Waals surface area contributed by atoms with Gasteiger partial charge in [0.05, 0.1) is 26.0 Å². The Morgan fingerprint density at radius 1 is 0.327 bits per heavy atom. The Morgan fingerprint density at radius 3 is 0.769 bits per heavy atom. The molecule has 1 N–H and O–H groups in total. The highest BCUT2D eigenvalue weighted by molar-refractivity contribution is 5.84. The van der Waals surface area contributed by atoms with E-state index in [1.54, 1.807) is 0 Å². The van der Waals surface area contributed by atoms with Gasteiger partial charge >= 0.3 is 11.8 Å². The fourth-order valence-electron chi connectivity index (χ4n) is 7.98. The average Bonchev–Trinajstić information content (AvgIpc) is 3.13. The third kappa shape index (κ3) is 32.9. The van der Waals surface area contributed by atoms with Crippen molar-refractivity contribution in [2.75, 3.05) is 19.7 Å². The number of hydrogen-bond donors (Lipinski definition) is 1. The second-order valence-electron chi connectivity index (χ2n) is 16.4. The number of quaternary nitrogens is 1. The van der Waals surface area contributed by atoms with E-state index in [9.17, 15) is 14.7 Å². The maximum atomic E-state index is 13.9. The molecule has 0 heterocycles. The van der Waals surface area contributed by atoms with Crippen molar-refractivity contribution >= 4 is 11.8 Å². The van der Waals surface area contributed by atoms with E-state index in [-0.39, 0.29) is 41.9 Å². The highest BCUT2D eigenvalue weighted by atomic mass is 35.5. The normalized spacial score (nSPS) is 11.6. The first-order chi connectivity index (χ1) is 25.1. The highest BCUT2D eigenvalue weighted by Crippen LogP contribution is 2.22. The molecule has 0 saturated carbocycles. The molecule has 0 aromatic heterocycles. The fourth-order valence-corrected chi connectivity index (χ4v) is 7.98. The van der Waals surface area contributed by atoms with Crippen LogP contribution in [0.25, 0.3) is 0 Å². The average molecular weight is 757 g/mol. The Bertz CT molecular complexity index is 687. The van der Waals surface area contributed by atoms with Crippen LogP contribution in [0.1, 0.15) is 271 Å². The maximum Gasteiger partial charge on any atom is 0.321 e. The Hall–Kier alpha value is -0.450. The van der Waals surface area contributed by atoms with Crippen LogP contribution in [0.3, 0.4) is 0 Å². The van der Waals surface area contributed by atoms with Gasteiger partial charge < -0.3 is 17.5 Å². The zero-order valence-corrected chi connectivity index (χ0v) is 36.5. The van der Waals surface area contributed by atoms with Gasteiger partial charge in [0, 0.05) is 0 Å². The van der Waals surface area contributed by atoms with E-state index in [0.717, 1.165) is 38.5 Å². The van der Waals surface area contributed by atoms with Gasteiger partial charge in [0.25, 0.3) is 0 Å². The van der Waals surface area contributed by atoms with Gasteiger partial charge in [0.15, 0.2) is 0 Å². The maximum absolute atomic E-state index is 13.9. The van der Waals surface area contributed by atoms with Crippen LogP contribution in [0.4, 0.5) is 0 Å². The van der Waals surface area contributed by atoms with E-state index >= 15 is 0 Å². The highest BCUT2D eigenvalue weighted by Gasteiger charge is 2.42. The lowest BCUT2D eigenvalue weighted by Crippen LogP contribution is -3.00. The minimum absolute atomic E-state index is 0. The number of rotatable bonds is 42. The number of amides is 2. The first-order valence-electron chi connectivity index (χ1n) is 23.6. The summed E-state index contributed by atoms with van der Waals surface area (Å²) in [4.78, 5) is 27.8. The predicted molar refractivity (Wildman–Crippen MR) is 224 cm³/mol. The molecule has 0 aliphatic carbocycles. The van der Waals surface area contributed by atoms with E-state index in [1.807, 2.05) is 0 Å². The van der Waals surface area contributed by atoms with Crippen molar-refractivity contribution in [3.63, 3.8) is 0 Å². The van der Waals surface area contributed by atoms with E-state index in [1.165, 1.54) is 199 Å². The van der Waals surface area contributed by atoms with Gasteiger partial charge in [-0.1, -0.05) is 233 Å². The summed E-state index contributed by atoms with van der Waals surface area (Å²) in [5.74, 6) is 0.165. The van der Waals surface area contributed by atoms with E-state index in [0.29, 0.717) is 19.4 Å². The second-order valence-corrected chi connectivity index (χ2v) is 16.4. The third-order valence-electron chi connectivity index (χ3n) is 11.6. The number of carbonyl (C=O) groups is 2. The first kappa shape index (κ1) is 53.7. The Balaban J connectivity index is 0. The predicted octanol–water partition coefficient (Wildman–Crippen LogP) is 12.1. The van der Waals surface area contributed by atoms with Crippen molar-refractivity contribution in [1.82, 2.24) is 0 Å². The molecule has 0 fully saturated rings. The quantitative estimate of drug-likeness (QED) is 0.0498. The molecule has 0 radical (unpaired) electrons. The van der Waals surface area contributed by atoms with Gasteiger partial charge in [0.1, 0.15) is 6.54 Å². The Labute approximate surface area is 333 Å². The van der Waals surface area contributed by atoms with Crippen LogP contribution in [-0.2, 0) is 9.59 Å². The zero-order chi connectivity index (χ0) is 37.4. The van der Waals surface area contributed by atoms with Crippen LogP contribution in [0.2, 0.25) is 0 Å². The molecule has 0 unspecified atom stereocenters. The van der Waals surface area contributed by atoms with E-state index in [4.69, 9.17) is 0 Å². The number of imide groups is 1. The van der Waals surface area contributed by atoms with Crippen molar-refractivity contribution in [2.24, 2.45) is 0 Å². The number of hydrogen-bond acceptors (Lipinski definition) is 3. The minimum atomic E-state index is -0.0928. The first-order valence-corrected chi connectivity index (χ1v) is 23.6. The molecule has 0 aliphatic heterocycles. The summed E-state index contributed by atoms with van der Waals surface area (Å²) >= 11 is 0. The molecular formula is C47H94ClNO3. The monoisotopic (exact) mass is 756 g/mol. The summed E-state index contributed by atoms with van der Waals surface area (Å²) in [7, 11) is 0.